The lowest BCUT2D eigenvalue weighted by molar-refractivity contribution is -0.265. The highest BCUT2D eigenvalue weighted by molar-refractivity contribution is 5.16. The van der Waals surface area contributed by atoms with E-state index >= 15 is 0 Å². The first-order chi connectivity index (χ1) is 5.86. The molecule has 1 atom stereocenters. The van der Waals surface area contributed by atoms with Crippen LogP contribution in [0, 0.1) is 0 Å². The molecule has 0 aromatic heterocycles. The van der Waals surface area contributed by atoms with Crippen molar-refractivity contribution < 1.29 is 10.1 Å². The Hall–Kier alpha value is -1.12. The lowest BCUT2D eigenvalue weighted by Crippen LogP contribution is -2.10. The highest BCUT2D eigenvalue weighted by Crippen LogP contribution is 2.05. The van der Waals surface area contributed by atoms with E-state index in [1.165, 1.54) is 0 Å². The molecule has 64 valence electrons. The summed E-state index contributed by atoms with van der Waals surface area (Å²) in [5.41, 5.74) is 1.12. The van der Waals surface area contributed by atoms with Crippen molar-refractivity contribution >= 4 is 0 Å². The highest BCUT2D eigenvalue weighted by atomic mass is 17.1. The predicted octanol–water partition coefficient (Wildman–Crippen LogP) is 2.27. The second-order valence-corrected chi connectivity index (χ2v) is 2.57. The van der Waals surface area contributed by atoms with Crippen molar-refractivity contribution in [1.29, 1.82) is 0 Å². The molecule has 0 saturated carbocycles. The van der Waals surface area contributed by atoms with E-state index in [2.05, 4.69) is 11.5 Å². The molecule has 1 aromatic carbocycles. The van der Waals surface area contributed by atoms with Gasteiger partial charge in [0.25, 0.3) is 0 Å². The summed E-state index contributed by atoms with van der Waals surface area (Å²) in [5, 5.41) is 8.42. The maximum atomic E-state index is 8.42. The summed E-state index contributed by atoms with van der Waals surface area (Å²) >= 11 is 0. The first kappa shape index (κ1) is 8.97. The maximum absolute atomic E-state index is 8.42. The highest BCUT2D eigenvalue weighted by Gasteiger charge is 2.03. The Morgan fingerprint density at radius 1 is 1.42 bits per heavy atom. The van der Waals surface area contributed by atoms with Crippen molar-refractivity contribution in [3.8, 4) is 0 Å². The number of hydrogen-bond donors (Lipinski definition) is 1. The topological polar surface area (TPSA) is 29.5 Å². The van der Waals surface area contributed by atoms with Crippen LogP contribution >= 0.6 is 0 Å². The molecule has 0 spiro atoms. The first-order valence-corrected chi connectivity index (χ1v) is 3.83. The molecule has 0 amide bonds. The molecule has 0 aliphatic heterocycles. The van der Waals surface area contributed by atoms with Crippen molar-refractivity contribution in [2.75, 3.05) is 0 Å². The molecule has 1 unspecified atom stereocenters. The lowest BCUT2D eigenvalue weighted by atomic mass is 10.1. The van der Waals surface area contributed by atoms with Gasteiger partial charge in [0.15, 0.2) is 0 Å². The van der Waals surface area contributed by atoms with Gasteiger partial charge in [0.1, 0.15) is 6.10 Å². The van der Waals surface area contributed by atoms with Gasteiger partial charge in [-0.25, -0.2) is 4.89 Å². The third-order valence-electron chi connectivity index (χ3n) is 1.68. The van der Waals surface area contributed by atoms with Crippen LogP contribution in [0.3, 0.4) is 0 Å². The number of benzene rings is 1. The Morgan fingerprint density at radius 3 is 2.58 bits per heavy atom. The molecule has 1 N–H and O–H groups in total. The van der Waals surface area contributed by atoms with Crippen LogP contribution in [0.15, 0.2) is 43.0 Å². The van der Waals surface area contributed by atoms with Crippen LogP contribution in [-0.4, -0.2) is 11.4 Å². The average molecular weight is 164 g/mol. The van der Waals surface area contributed by atoms with Gasteiger partial charge in [0, 0.05) is 6.42 Å². The molecule has 0 saturated heterocycles. The second-order valence-electron chi connectivity index (χ2n) is 2.57. The van der Waals surface area contributed by atoms with E-state index in [9.17, 15) is 0 Å². The van der Waals surface area contributed by atoms with Gasteiger partial charge in [-0.15, -0.1) is 6.58 Å². The van der Waals surface area contributed by atoms with Crippen LogP contribution in [0.5, 0.6) is 0 Å². The summed E-state index contributed by atoms with van der Waals surface area (Å²) in [6.45, 7) is 3.54. The zero-order valence-corrected chi connectivity index (χ0v) is 6.81. The van der Waals surface area contributed by atoms with E-state index in [1.54, 1.807) is 6.08 Å². The zero-order valence-electron chi connectivity index (χ0n) is 6.81. The predicted molar refractivity (Wildman–Crippen MR) is 47.8 cm³/mol. The fraction of sp³-hybridized carbons (Fsp3) is 0.200. The van der Waals surface area contributed by atoms with Gasteiger partial charge in [0.05, 0.1) is 0 Å². The third kappa shape index (κ3) is 2.49. The molecule has 1 rings (SSSR count). The molecular weight excluding hydrogens is 152 g/mol. The van der Waals surface area contributed by atoms with Crippen LogP contribution in [0.25, 0.3) is 0 Å². The molecule has 0 aliphatic rings. The van der Waals surface area contributed by atoms with Gasteiger partial charge >= 0.3 is 0 Å². The van der Waals surface area contributed by atoms with Crippen molar-refractivity contribution in [2.45, 2.75) is 12.5 Å². The summed E-state index contributed by atoms with van der Waals surface area (Å²) in [7, 11) is 0. The van der Waals surface area contributed by atoms with E-state index in [1.807, 2.05) is 30.3 Å². The summed E-state index contributed by atoms with van der Waals surface area (Å²) in [6, 6.07) is 9.82. The quantitative estimate of drug-likeness (QED) is 0.420. The summed E-state index contributed by atoms with van der Waals surface area (Å²) in [5.74, 6) is 0. The van der Waals surface area contributed by atoms with Crippen molar-refractivity contribution in [3.05, 3.63) is 48.6 Å². The van der Waals surface area contributed by atoms with Crippen LogP contribution in [0.2, 0.25) is 0 Å². The van der Waals surface area contributed by atoms with Crippen molar-refractivity contribution in [2.24, 2.45) is 0 Å². The minimum Gasteiger partial charge on any atom is -0.251 e. The summed E-state index contributed by atoms with van der Waals surface area (Å²) < 4.78 is 0. The van der Waals surface area contributed by atoms with Crippen LogP contribution in [0.1, 0.15) is 5.56 Å². The molecule has 0 fully saturated rings. The zero-order chi connectivity index (χ0) is 8.81. The average Bonchev–Trinajstić information content (AvgIpc) is 2.16. The molecule has 1 aromatic rings. The minimum atomic E-state index is -0.313. The standard InChI is InChI=1S/C10H12O2/c1-2-10(12-11)8-9-6-4-3-5-7-9/h2-7,10-11H,1,8H2. The molecule has 0 radical (unpaired) electrons. The van der Waals surface area contributed by atoms with Crippen LogP contribution < -0.4 is 0 Å². The van der Waals surface area contributed by atoms with Gasteiger partial charge in [-0.2, -0.15) is 0 Å². The monoisotopic (exact) mass is 164 g/mol. The number of hydrogen-bond acceptors (Lipinski definition) is 2. The molecule has 12 heavy (non-hydrogen) atoms. The van der Waals surface area contributed by atoms with Crippen LogP contribution in [-0.2, 0) is 11.3 Å². The third-order valence-corrected chi connectivity index (χ3v) is 1.68. The first-order valence-electron chi connectivity index (χ1n) is 3.83. The smallest absolute Gasteiger partial charge is 0.115 e. The normalized spacial score (nSPS) is 12.4. The lowest BCUT2D eigenvalue weighted by Gasteiger charge is -2.07. The van der Waals surface area contributed by atoms with E-state index in [-0.39, 0.29) is 6.10 Å². The fourth-order valence-corrected chi connectivity index (χ4v) is 1.01. The Labute approximate surface area is 72.0 Å². The Morgan fingerprint density at radius 2 is 2.08 bits per heavy atom. The Kier molecular flexibility index (Phi) is 3.51. The van der Waals surface area contributed by atoms with Gasteiger partial charge in [-0.1, -0.05) is 36.4 Å². The minimum absolute atomic E-state index is 0.313. The molecule has 0 bridgehead atoms. The van der Waals surface area contributed by atoms with Gasteiger partial charge in [-0.05, 0) is 5.56 Å². The molecule has 2 heteroatoms. The molecule has 2 nitrogen and oxygen atoms in total. The van der Waals surface area contributed by atoms with Crippen LogP contribution in [0.4, 0.5) is 0 Å². The van der Waals surface area contributed by atoms with Gasteiger partial charge in [0.2, 0.25) is 0 Å². The van der Waals surface area contributed by atoms with E-state index in [0.717, 1.165) is 5.56 Å². The van der Waals surface area contributed by atoms with Gasteiger partial charge in [-0.3, -0.25) is 5.26 Å². The van der Waals surface area contributed by atoms with Crippen molar-refractivity contribution in [3.63, 3.8) is 0 Å². The van der Waals surface area contributed by atoms with Crippen molar-refractivity contribution in [1.82, 2.24) is 0 Å². The fourth-order valence-electron chi connectivity index (χ4n) is 1.01. The SMILES string of the molecule is C=CC(Cc1ccccc1)OO. The van der Waals surface area contributed by atoms with E-state index in [4.69, 9.17) is 5.26 Å². The number of rotatable bonds is 4. The maximum Gasteiger partial charge on any atom is 0.115 e. The molecular formula is C10H12O2. The Balaban J connectivity index is 2.56. The van der Waals surface area contributed by atoms with E-state index < -0.39 is 0 Å². The summed E-state index contributed by atoms with van der Waals surface area (Å²) in [6.07, 6.45) is 1.92. The second kappa shape index (κ2) is 4.70. The largest absolute Gasteiger partial charge is 0.251 e. The van der Waals surface area contributed by atoms with Gasteiger partial charge < -0.3 is 0 Å². The van der Waals surface area contributed by atoms with E-state index in [0.29, 0.717) is 6.42 Å². The summed E-state index contributed by atoms with van der Waals surface area (Å²) in [4.78, 5) is 4.19. The Bertz CT molecular complexity index is 231. The molecule has 0 heterocycles. The molecule has 0 aliphatic carbocycles.